The van der Waals surface area contributed by atoms with E-state index in [1.807, 2.05) is 10.6 Å². The van der Waals surface area contributed by atoms with Crippen LogP contribution < -0.4 is 0 Å². The maximum absolute atomic E-state index is 11.3. The number of benzene rings is 1. The summed E-state index contributed by atoms with van der Waals surface area (Å²) < 4.78 is 1.89. The zero-order valence-corrected chi connectivity index (χ0v) is 11.6. The van der Waals surface area contributed by atoms with Gasteiger partial charge >= 0.3 is 5.97 Å². The molecular weight excluding hydrogens is 238 g/mol. The van der Waals surface area contributed by atoms with Crippen LogP contribution in [0.15, 0.2) is 30.3 Å². The first-order valence-corrected chi connectivity index (χ1v) is 6.55. The molecule has 0 bridgehead atoms. The van der Waals surface area contributed by atoms with Crippen molar-refractivity contribution < 1.29 is 9.90 Å². The molecule has 0 spiro atoms. The van der Waals surface area contributed by atoms with E-state index in [1.54, 1.807) is 6.07 Å². The quantitative estimate of drug-likeness (QED) is 0.903. The van der Waals surface area contributed by atoms with Gasteiger partial charge in [0.2, 0.25) is 0 Å². The van der Waals surface area contributed by atoms with Crippen molar-refractivity contribution in [2.75, 3.05) is 0 Å². The molecule has 0 aliphatic heterocycles. The van der Waals surface area contributed by atoms with E-state index in [2.05, 4.69) is 39.0 Å². The zero-order valence-electron chi connectivity index (χ0n) is 11.6. The van der Waals surface area contributed by atoms with Gasteiger partial charge in [-0.15, -0.1) is 0 Å². The van der Waals surface area contributed by atoms with Crippen LogP contribution in [0.1, 0.15) is 35.0 Å². The van der Waals surface area contributed by atoms with Crippen molar-refractivity contribution in [3.05, 3.63) is 47.2 Å². The van der Waals surface area contributed by atoms with Crippen LogP contribution in [0.3, 0.4) is 0 Å². The number of aromatic nitrogens is 1. The Labute approximate surface area is 113 Å². The van der Waals surface area contributed by atoms with Gasteiger partial charge < -0.3 is 9.67 Å². The van der Waals surface area contributed by atoms with Crippen LogP contribution in [0.2, 0.25) is 0 Å². The molecule has 100 valence electrons. The number of rotatable bonds is 4. The predicted octanol–water partition coefficient (Wildman–Crippen LogP) is 3.88. The molecule has 0 atom stereocenters. The number of hydrogen-bond acceptors (Lipinski definition) is 1. The monoisotopic (exact) mass is 257 g/mol. The fourth-order valence-corrected chi connectivity index (χ4v) is 2.45. The largest absolute Gasteiger partial charge is 0.477 e. The minimum absolute atomic E-state index is 0.358. The molecule has 0 fully saturated rings. The summed E-state index contributed by atoms with van der Waals surface area (Å²) >= 11 is 0. The molecule has 0 unspecified atom stereocenters. The average Bonchev–Trinajstić information content (AvgIpc) is 2.73. The fourth-order valence-electron chi connectivity index (χ4n) is 2.45. The van der Waals surface area contributed by atoms with Crippen LogP contribution in [0.25, 0.3) is 11.3 Å². The van der Waals surface area contributed by atoms with Crippen LogP contribution in [0.4, 0.5) is 0 Å². The number of aryl methyl sites for hydroxylation is 2. The molecule has 2 aromatic rings. The lowest BCUT2D eigenvalue weighted by atomic mass is 10.0. The van der Waals surface area contributed by atoms with Gasteiger partial charge in [-0.2, -0.15) is 0 Å². The number of nitrogens with zero attached hydrogens (tertiary/aromatic N) is 1. The lowest BCUT2D eigenvalue weighted by Crippen LogP contribution is -2.09. The molecule has 0 aliphatic carbocycles. The Kier molecular flexibility index (Phi) is 3.74. The van der Waals surface area contributed by atoms with Gasteiger partial charge in [0.1, 0.15) is 5.69 Å². The Morgan fingerprint density at radius 2 is 1.95 bits per heavy atom. The second-order valence-electron chi connectivity index (χ2n) is 4.88. The SMILES string of the molecule is CCCn1c(C(=O)O)ccc1-c1ccc(C)cc1C. The summed E-state index contributed by atoms with van der Waals surface area (Å²) in [5, 5.41) is 9.25. The third-order valence-electron chi connectivity index (χ3n) is 3.30. The van der Waals surface area contributed by atoms with Crippen molar-refractivity contribution in [2.24, 2.45) is 0 Å². The summed E-state index contributed by atoms with van der Waals surface area (Å²) in [6, 6.07) is 9.84. The van der Waals surface area contributed by atoms with E-state index in [0.29, 0.717) is 5.69 Å². The van der Waals surface area contributed by atoms with E-state index < -0.39 is 5.97 Å². The van der Waals surface area contributed by atoms with E-state index in [1.165, 1.54) is 11.1 Å². The molecule has 0 saturated heterocycles. The average molecular weight is 257 g/mol. The normalized spacial score (nSPS) is 10.7. The number of carboxylic acids is 1. The number of carbonyl (C=O) groups is 1. The van der Waals surface area contributed by atoms with Gasteiger partial charge in [-0.1, -0.05) is 30.7 Å². The first-order valence-electron chi connectivity index (χ1n) is 6.55. The summed E-state index contributed by atoms with van der Waals surface area (Å²) in [7, 11) is 0. The Hall–Kier alpha value is -2.03. The highest BCUT2D eigenvalue weighted by Gasteiger charge is 2.15. The Bertz CT molecular complexity index is 611. The summed E-state index contributed by atoms with van der Waals surface area (Å²) in [4.78, 5) is 11.3. The van der Waals surface area contributed by atoms with Crippen molar-refractivity contribution in [1.29, 1.82) is 0 Å². The molecule has 19 heavy (non-hydrogen) atoms. The van der Waals surface area contributed by atoms with Crippen molar-refractivity contribution in [3.8, 4) is 11.3 Å². The molecule has 3 heteroatoms. The fraction of sp³-hybridized carbons (Fsp3) is 0.312. The molecule has 3 nitrogen and oxygen atoms in total. The first kappa shape index (κ1) is 13.4. The standard InChI is InChI=1S/C16H19NO2/c1-4-9-17-14(7-8-15(17)16(18)19)13-6-5-11(2)10-12(13)3/h5-8,10H,4,9H2,1-3H3,(H,18,19). The Morgan fingerprint density at radius 3 is 2.53 bits per heavy atom. The van der Waals surface area contributed by atoms with Gasteiger partial charge in [0.25, 0.3) is 0 Å². The van der Waals surface area contributed by atoms with Crippen molar-refractivity contribution >= 4 is 5.97 Å². The van der Waals surface area contributed by atoms with Gasteiger partial charge in [0, 0.05) is 17.8 Å². The number of carboxylic acid groups (broad SMARTS) is 1. The van der Waals surface area contributed by atoms with E-state index >= 15 is 0 Å². The van der Waals surface area contributed by atoms with Gasteiger partial charge in [-0.05, 0) is 38.0 Å². The van der Waals surface area contributed by atoms with Gasteiger partial charge in [0.15, 0.2) is 0 Å². The minimum atomic E-state index is -0.871. The Balaban J connectivity index is 2.58. The highest BCUT2D eigenvalue weighted by molar-refractivity contribution is 5.87. The van der Waals surface area contributed by atoms with E-state index in [-0.39, 0.29) is 0 Å². The second kappa shape index (κ2) is 5.31. The second-order valence-corrected chi connectivity index (χ2v) is 4.88. The van der Waals surface area contributed by atoms with Crippen molar-refractivity contribution in [1.82, 2.24) is 4.57 Å². The predicted molar refractivity (Wildman–Crippen MR) is 76.6 cm³/mol. The first-order chi connectivity index (χ1) is 9.04. The lowest BCUT2D eigenvalue weighted by molar-refractivity contribution is 0.0685. The van der Waals surface area contributed by atoms with Crippen LogP contribution >= 0.6 is 0 Å². The molecule has 1 aromatic carbocycles. The summed E-state index contributed by atoms with van der Waals surface area (Å²) in [5.74, 6) is -0.871. The van der Waals surface area contributed by atoms with E-state index in [0.717, 1.165) is 24.2 Å². The smallest absolute Gasteiger partial charge is 0.352 e. The molecular formula is C16H19NO2. The maximum atomic E-state index is 11.3. The molecule has 0 radical (unpaired) electrons. The number of aromatic carboxylic acids is 1. The summed E-state index contributed by atoms with van der Waals surface area (Å²) in [5.41, 5.74) is 4.83. The van der Waals surface area contributed by atoms with Gasteiger partial charge in [-0.3, -0.25) is 0 Å². The number of hydrogen-bond donors (Lipinski definition) is 1. The van der Waals surface area contributed by atoms with Gasteiger partial charge in [-0.25, -0.2) is 4.79 Å². The molecule has 2 rings (SSSR count). The topological polar surface area (TPSA) is 42.2 Å². The molecule has 1 heterocycles. The van der Waals surface area contributed by atoms with Crippen LogP contribution in [-0.2, 0) is 6.54 Å². The molecule has 0 amide bonds. The molecule has 1 N–H and O–H groups in total. The van der Waals surface area contributed by atoms with Crippen LogP contribution in [0.5, 0.6) is 0 Å². The summed E-state index contributed by atoms with van der Waals surface area (Å²) in [6.45, 7) is 6.89. The highest BCUT2D eigenvalue weighted by atomic mass is 16.4. The Morgan fingerprint density at radius 1 is 1.21 bits per heavy atom. The lowest BCUT2D eigenvalue weighted by Gasteiger charge is -2.13. The molecule has 0 aliphatic rings. The van der Waals surface area contributed by atoms with E-state index in [9.17, 15) is 9.90 Å². The zero-order chi connectivity index (χ0) is 14.0. The molecule has 0 saturated carbocycles. The maximum Gasteiger partial charge on any atom is 0.352 e. The molecule has 1 aromatic heterocycles. The van der Waals surface area contributed by atoms with Crippen LogP contribution in [0, 0.1) is 13.8 Å². The van der Waals surface area contributed by atoms with Crippen LogP contribution in [-0.4, -0.2) is 15.6 Å². The highest BCUT2D eigenvalue weighted by Crippen LogP contribution is 2.27. The summed E-state index contributed by atoms with van der Waals surface area (Å²) in [6.07, 6.45) is 0.910. The van der Waals surface area contributed by atoms with Crippen molar-refractivity contribution in [3.63, 3.8) is 0 Å². The van der Waals surface area contributed by atoms with Crippen molar-refractivity contribution in [2.45, 2.75) is 33.7 Å². The van der Waals surface area contributed by atoms with E-state index in [4.69, 9.17) is 0 Å². The third-order valence-corrected chi connectivity index (χ3v) is 3.30. The minimum Gasteiger partial charge on any atom is -0.477 e. The van der Waals surface area contributed by atoms with Gasteiger partial charge in [0.05, 0.1) is 0 Å². The third kappa shape index (κ3) is 2.55.